The van der Waals surface area contributed by atoms with Crippen molar-refractivity contribution in [1.82, 2.24) is 19.9 Å². The molecule has 2 aromatic heterocycles. The third-order valence-corrected chi connectivity index (χ3v) is 6.61. The molecule has 0 unspecified atom stereocenters. The van der Waals surface area contributed by atoms with Gasteiger partial charge < -0.3 is 9.64 Å². The molecular formula is C22H22ClFN4O2S. The van der Waals surface area contributed by atoms with Crippen molar-refractivity contribution in [2.24, 2.45) is 5.92 Å². The van der Waals surface area contributed by atoms with Crippen molar-refractivity contribution in [3.63, 3.8) is 0 Å². The fourth-order valence-corrected chi connectivity index (χ4v) is 4.81. The zero-order valence-corrected chi connectivity index (χ0v) is 18.8. The maximum atomic E-state index is 13.6. The Balaban J connectivity index is 1.58. The fourth-order valence-electron chi connectivity index (χ4n) is 3.80. The number of carbonyl (C=O) groups is 1. The van der Waals surface area contributed by atoms with Crippen LogP contribution in [0, 0.1) is 18.7 Å². The van der Waals surface area contributed by atoms with Gasteiger partial charge in [0.2, 0.25) is 0 Å². The molecule has 31 heavy (non-hydrogen) atoms. The molecule has 1 aliphatic rings. The smallest absolute Gasteiger partial charge is 0.316 e. The first-order chi connectivity index (χ1) is 14.9. The highest BCUT2D eigenvalue weighted by atomic mass is 35.5. The van der Waals surface area contributed by atoms with Gasteiger partial charge in [-0.25, -0.2) is 19.3 Å². The second-order valence-electron chi connectivity index (χ2n) is 7.60. The van der Waals surface area contributed by atoms with Crippen molar-refractivity contribution >= 4 is 28.8 Å². The Hall–Kier alpha value is -2.58. The second kappa shape index (κ2) is 9.28. The van der Waals surface area contributed by atoms with Crippen molar-refractivity contribution in [2.45, 2.75) is 32.7 Å². The van der Waals surface area contributed by atoms with Crippen molar-refractivity contribution < 1.29 is 13.9 Å². The maximum absolute atomic E-state index is 13.6. The molecule has 0 spiro atoms. The van der Waals surface area contributed by atoms with Gasteiger partial charge in [-0.15, -0.1) is 11.3 Å². The van der Waals surface area contributed by atoms with Crippen LogP contribution < -0.4 is 4.74 Å². The summed E-state index contributed by atoms with van der Waals surface area (Å²) in [7, 11) is 0. The molecule has 9 heteroatoms. The third kappa shape index (κ3) is 4.85. The lowest BCUT2D eigenvalue weighted by Crippen LogP contribution is -2.50. The molecule has 162 valence electrons. The summed E-state index contributed by atoms with van der Waals surface area (Å²) in [4.78, 5) is 28.8. The van der Waals surface area contributed by atoms with Crippen LogP contribution in [0.15, 0.2) is 36.7 Å². The number of carbonyl (C=O) groups excluding carboxylic acids is 1. The van der Waals surface area contributed by atoms with Crippen molar-refractivity contribution in [2.75, 3.05) is 13.2 Å². The van der Waals surface area contributed by atoms with E-state index in [1.165, 1.54) is 35.9 Å². The number of likely N-dealkylation sites (tertiary alicyclic amines) is 1. The van der Waals surface area contributed by atoms with Crippen LogP contribution in [-0.2, 0) is 0 Å². The Morgan fingerprint density at radius 3 is 2.71 bits per heavy atom. The van der Waals surface area contributed by atoms with Gasteiger partial charge in [0.25, 0.3) is 5.91 Å². The van der Waals surface area contributed by atoms with Crippen LogP contribution in [0.5, 0.6) is 6.01 Å². The van der Waals surface area contributed by atoms with Gasteiger partial charge in [-0.05, 0) is 43.4 Å². The molecule has 0 radical (unpaired) electrons. The van der Waals surface area contributed by atoms with Crippen LogP contribution in [0.3, 0.4) is 0 Å². The summed E-state index contributed by atoms with van der Waals surface area (Å²) in [5, 5.41) is 1.22. The van der Waals surface area contributed by atoms with E-state index < -0.39 is 0 Å². The third-order valence-electron chi connectivity index (χ3n) is 5.40. The number of thiazole rings is 1. The summed E-state index contributed by atoms with van der Waals surface area (Å²) in [6.07, 6.45) is 4.87. The van der Waals surface area contributed by atoms with Gasteiger partial charge in [0, 0.05) is 6.54 Å². The quantitative estimate of drug-likeness (QED) is 0.534. The van der Waals surface area contributed by atoms with E-state index in [1.807, 2.05) is 11.8 Å². The molecule has 0 bridgehead atoms. The molecular weight excluding hydrogens is 439 g/mol. The van der Waals surface area contributed by atoms with Crippen LogP contribution in [-0.4, -0.2) is 45.0 Å². The summed E-state index contributed by atoms with van der Waals surface area (Å²) in [5.41, 5.74) is 1.18. The molecule has 6 nitrogen and oxygen atoms in total. The summed E-state index contributed by atoms with van der Waals surface area (Å²) in [6, 6.07) is 6.23. The zero-order valence-electron chi connectivity index (χ0n) is 17.2. The number of piperidine rings is 1. The number of aryl methyl sites for hydroxylation is 1. The number of benzene rings is 1. The van der Waals surface area contributed by atoms with Crippen LogP contribution in [0.2, 0.25) is 5.02 Å². The van der Waals surface area contributed by atoms with E-state index in [9.17, 15) is 9.18 Å². The number of nitrogens with zero attached hydrogens (tertiary/aromatic N) is 4. The molecule has 0 saturated carbocycles. The number of halogens is 2. The van der Waals surface area contributed by atoms with E-state index in [1.54, 1.807) is 12.1 Å². The Kier molecular flexibility index (Phi) is 6.48. The van der Waals surface area contributed by atoms with Crippen molar-refractivity contribution in [3.8, 4) is 16.5 Å². The minimum atomic E-state index is -0.315. The van der Waals surface area contributed by atoms with Crippen molar-refractivity contribution in [1.29, 1.82) is 0 Å². The molecule has 0 aliphatic carbocycles. The minimum absolute atomic E-state index is 0.136. The molecule has 4 rings (SSSR count). The SMILES string of the molecule is Cc1nc(C(=O)N2CCC[C@H](C)[C@@H]2COc2ncc(Cl)cn2)c(-c2ccc(F)cc2)s1. The summed E-state index contributed by atoms with van der Waals surface area (Å²) >= 11 is 7.27. The molecule has 1 aliphatic heterocycles. The number of hydrogen-bond acceptors (Lipinski definition) is 6. The highest BCUT2D eigenvalue weighted by Crippen LogP contribution is 2.33. The number of hydrogen-bond donors (Lipinski definition) is 0. The molecule has 1 saturated heterocycles. The van der Waals surface area contributed by atoms with Gasteiger partial charge in [0.05, 0.1) is 33.3 Å². The first-order valence-electron chi connectivity index (χ1n) is 10.1. The minimum Gasteiger partial charge on any atom is -0.461 e. The maximum Gasteiger partial charge on any atom is 0.316 e. The monoisotopic (exact) mass is 460 g/mol. The molecule has 3 heterocycles. The molecule has 1 aromatic carbocycles. The Morgan fingerprint density at radius 2 is 2.00 bits per heavy atom. The lowest BCUT2D eigenvalue weighted by Gasteiger charge is -2.39. The highest BCUT2D eigenvalue weighted by molar-refractivity contribution is 7.15. The van der Waals surface area contributed by atoms with Gasteiger partial charge in [0.15, 0.2) is 0 Å². The van der Waals surface area contributed by atoms with Gasteiger partial charge in [-0.3, -0.25) is 4.79 Å². The van der Waals surface area contributed by atoms with E-state index in [0.29, 0.717) is 17.3 Å². The standard InChI is InChI=1S/C22H22ClFN4O2S/c1-13-4-3-9-28(18(13)12-30-22-25-10-16(23)11-26-22)21(29)19-20(31-14(2)27-19)15-5-7-17(24)8-6-15/h5-8,10-11,13,18H,3-4,9,12H2,1-2H3/t13-,18-/m0/s1. The summed E-state index contributed by atoms with van der Waals surface area (Å²) in [6.45, 7) is 4.89. The fraction of sp³-hybridized carbons (Fsp3) is 0.364. The van der Waals surface area contributed by atoms with Crippen LogP contribution in [0.25, 0.3) is 10.4 Å². The molecule has 1 fully saturated rings. The van der Waals surface area contributed by atoms with E-state index >= 15 is 0 Å². The van der Waals surface area contributed by atoms with Gasteiger partial charge in [-0.1, -0.05) is 30.7 Å². The Bertz CT molecular complexity index is 1060. The van der Waals surface area contributed by atoms with Gasteiger partial charge in [-0.2, -0.15) is 0 Å². The van der Waals surface area contributed by atoms with E-state index in [4.69, 9.17) is 16.3 Å². The predicted octanol–water partition coefficient (Wildman–Crippen LogP) is 5.02. The van der Waals surface area contributed by atoms with Crippen LogP contribution >= 0.6 is 22.9 Å². The molecule has 1 amide bonds. The number of aromatic nitrogens is 3. The second-order valence-corrected chi connectivity index (χ2v) is 9.24. The highest BCUT2D eigenvalue weighted by Gasteiger charge is 2.35. The average Bonchev–Trinajstić information content (AvgIpc) is 3.15. The topological polar surface area (TPSA) is 68.2 Å². The van der Waals surface area contributed by atoms with Crippen LogP contribution in [0.4, 0.5) is 4.39 Å². The normalized spacial score (nSPS) is 18.8. The average molecular weight is 461 g/mol. The zero-order chi connectivity index (χ0) is 22.0. The first-order valence-corrected chi connectivity index (χ1v) is 11.3. The van der Waals surface area contributed by atoms with E-state index in [2.05, 4.69) is 21.9 Å². The summed E-state index contributed by atoms with van der Waals surface area (Å²) < 4.78 is 19.2. The number of rotatable bonds is 5. The van der Waals surface area contributed by atoms with Crippen LogP contribution in [0.1, 0.15) is 35.3 Å². The van der Waals surface area contributed by atoms with Gasteiger partial charge in [0.1, 0.15) is 18.1 Å². The lowest BCUT2D eigenvalue weighted by atomic mass is 9.91. The molecule has 2 atom stereocenters. The number of amides is 1. The number of ether oxygens (including phenoxy) is 1. The van der Waals surface area contributed by atoms with Crippen molar-refractivity contribution in [3.05, 3.63) is 58.2 Å². The largest absolute Gasteiger partial charge is 0.461 e. The Labute approximate surface area is 189 Å². The van der Waals surface area contributed by atoms with E-state index in [0.717, 1.165) is 28.3 Å². The van der Waals surface area contributed by atoms with Gasteiger partial charge >= 0.3 is 6.01 Å². The molecule has 0 N–H and O–H groups in total. The Morgan fingerprint density at radius 1 is 1.29 bits per heavy atom. The molecule has 3 aromatic rings. The lowest BCUT2D eigenvalue weighted by molar-refractivity contribution is 0.0377. The first kappa shape index (κ1) is 21.6. The summed E-state index contributed by atoms with van der Waals surface area (Å²) in [5.74, 6) is -0.204. The predicted molar refractivity (Wildman–Crippen MR) is 118 cm³/mol. The van der Waals surface area contributed by atoms with E-state index in [-0.39, 0.29) is 36.3 Å².